The number of methoxy groups -OCH3 is 3. The Bertz CT molecular complexity index is 849. The molecule has 2 aromatic carbocycles. The fourth-order valence-electron chi connectivity index (χ4n) is 2.17. The summed E-state index contributed by atoms with van der Waals surface area (Å²) < 4.78 is 20.9. The molecule has 0 radical (unpaired) electrons. The fraction of sp³-hybridized carbons (Fsp3) is 0.200. The van der Waals surface area contributed by atoms with Gasteiger partial charge in [-0.05, 0) is 35.9 Å². The van der Waals surface area contributed by atoms with Gasteiger partial charge >= 0.3 is 0 Å². The van der Waals surface area contributed by atoms with Crippen molar-refractivity contribution < 1.29 is 23.7 Å². The molecule has 140 valence electrons. The number of rotatable bonds is 8. The lowest BCUT2D eigenvalue weighted by Gasteiger charge is -2.09. The van der Waals surface area contributed by atoms with Gasteiger partial charge in [-0.2, -0.15) is 5.10 Å². The molecule has 0 heterocycles. The summed E-state index contributed by atoms with van der Waals surface area (Å²) in [4.78, 5) is 12.3. The number of amides is 1. The highest BCUT2D eigenvalue weighted by atomic mass is 16.5. The molecule has 0 bridgehead atoms. The molecular weight excluding hydrogens is 348 g/mol. The van der Waals surface area contributed by atoms with Crippen molar-refractivity contribution in [1.29, 1.82) is 0 Å². The number of hydrazone groups is 1. The van der Waals surface area contributed by atoms with Crippen molar-refractivity contribution in [3.05, 3.63) is 47.5 Å². The number of hydrogen-bond acceptors (Lipinski definition) is 6. The number of benzene rings is 2. The van der Waals surface area contributed by atoms with Crippen LogP contribution in [0, 0.1) is 12.3 Å². The van der Waals surface area contributed by atoms with Crippen molar-refractivity contribution in [2.75, 3.05) is 27.9 Å². The van der Waals surface area contributed by atoms with E-state index in [0.29, 0.717) is 34.1 Å². The molecule has 2 rings (SSSR count). The third kappa shape index (κ3) is 5.41. The Morgan fingerprint density at radius 3 is 2.37 bits per heavy atom. The maximum absolute atomic E-state index is 12.3. The summed E-state index contributed by atoms with van der Waals surface area (Å²) >= 11 is 0. The molecule has 0 spiro atoms. The second-order valence-corrected chi connectivity index (χ2v) is 5.20. The highest BCUT2D eigenvalue weighted by Gasteiger charge is 2.09. The van der Waals surface area contributed by atoms with E-state index in [0.717, 1.165) is 0 Å². The topological polar surface area (TPSA) is 78.4 Å². The third-order valence-corrected chi connectivity index (χ3v) is 3.49. The first kappa shape index (κ1) is 19.7. The van der Waals surface area contributed by atoms with Crippen LogP contribution in [0.5, 0.6) is 23.0 Å². The van der Waals surface area contributed by atoms with E-state index in [4.69, 9.17) is 25.4 Å². The average Bonchev–Trinajstić information content (AvgIpc) is 2.71. The molecule has 7 nitrogen and oxygen atoms in total. The first-order valence-electron chi connectivity index (χ1n) is 7.92. The molecule has 2 aromatic rings. The van der Waals surface area contributed by atoms with Crippen LogP contribution in [-0.2, 0) is 0 Å². The Kier molecular flexibility index (Phi) is 7.08. The van der Waals surface area contributed by atoms with E-state index in [1.807, 2.05) is 0 Å². The minimum atomic E-state index is -0.399. The van der Waals surface area contributed by atoms with Gasteiger partial charge in [-0.3, -0.25) is 4.79 Å². The van der Waals surface area contributed by atoms with Crippen molar-refractivity contribution >= 4 is 12.1 Å². The van der Waals surface area contributed by atoms with Gasteiger partial charge in [0.1, 0.15) is 18.1 Å². The van der Waals surface area contributed by atoms with Crippen molar-refractivity contribution in [1.82, 2.24) is 5.43 Å². The summed E-state index contributed by atoms with van der Waals surface area (Å²) in [5.74, 6) is 4.05. The van der Waals surface area contributed by atoms with Crippen LogP contribution < -0.4 is 24.4 Å². The Balaban J connectivity index is 2.08. The van der Waals surface area contributed by atoms with E-state index in [9.17, 15) is 4.79 Å². The zero-order chi connectivity index (χ0) is 19.6. The van der Waals surface area contributed by atoms with Gasteiger partial charge in [-0.25, -0.2) is 5.43 Å². The van der Waals surface area contributed by atoms with Crippen LogP contribution in [0.1, 0.15) is 15.9 Å². The molecule has 0 unspecified atom stereocenters. The quantitative estimate of drug-likeness (QED) is 0.440. The molecule has 0 atom stereocenters. The molecule has 27 heavy (non-hydrogen) atoms. The third-order valence-electron chi connectivity index (χ3n) is 3.49. The minimum Gasteiger partial charge on any atom is -0.497 e. The Hall–Kier alpha value is -3.66. The van der Waals surface area contributed by atoms with Crippen LogP contribution in [0.25, 0.3) is 0 Å². The number of terminal acetylenes is 1. The predicted molar refractivity (Wildman–Crippen MR) is 102 cm³/mol. The van der Waals surface area contributed by atoms with Crippen LogP contribution in [0.2, 0.25) is 0 Å². The maximum Gasteiger partial charge on any atom is 0.271 e. The number of nitrogens with zero attached hydrogens (tertiary/aromatic N) is 1. The van der Waals surface area contributed by atoms with E-state index in [1.165, 1.54) is 27.5 Å². The molecule has 1 amide bonds. The number of hydrogen-bond donors (Lipinski definition) is 1. The minimum absolute atomic E-state index is 0.143. The zero-order valence-corrected chi connectivity index (χ0v) is 15.3. The smallest absolute Gasteiger partial charge is 0.271 e. The summed E-state index contributed by atoms with van der Waals surface area (Å²) in [5.41, 5.74) is 3.53. The number of carbonyl (C=O) groups excluding carboxylic acids is 1. The lowest BCUT2D eigenvalue weighted by Crippen LogP contribution is -2.17. The predicted octanol–water partition coefficient (Wildman–Crippen LogP) is 2.49. The van der Waals surface area contributed by atoms with Crippen molar-refractivity contribution in [3.63, 3.8) is 0 Å². The Morgan fingerprint density at radius 1 is 1.07 bits per heavy atom. The zero-order valence-electron chi connectivity index (χ0n) is 15.3. The monoisotopic (exact) mass is 368 g/mol. The molecule has 0 aromatic heterocycles. The molecule has 0 fully saturated rings. The lowest BCUT2D eigenvalue weighted by molar-refractivity contribution is 0.0954. The lowest BCUT2D eigenvalue weighted by atomic mass is 10.2. The molecule has 0 saturated carbocycles. The van der Waals surface area contributed by atoms with Gasteiger partial charge in [-0.1, -0.05) is 5.92 Å². The summed E-state index contributed by atoms with van der Waals surface area (Å²) in [5, 5.41) is 3.96. The molecule has 1 N–H and O–H groups in total. The van der Waals surface area contributed by atoms with Gasteiger partial charge in [0.2, 0.25) is 0 Å². The van der Waals surface area contributed by atoms with Crippen LogP contribution in [-0.4, -0.2) is 40.1 Å². The Labute approximate surface area is 157 Å². The summed E-state index contributed by atoms with van der Waals surface area (Å²) in [7, 11) is 4.55. The van der Waals surface area contributed by atoms with Crippen LogP contribution in [0.15, 0.2) is 41.5 Å². The maximum atomic E-state index is 12.3. The van der Waals surface area contributed by atoms with Crippen LogP contribution >= 0.6 is 0 Å². The SMILES string of the molecule is C#CCOc1ccc(C=NNC(=O)c2cc(OC)cc(OC)c2)cc1OC. The van der Waals surface area contributed by atoms with Crippen molar-refractivity contribution in [2.24, 2.45) is 5.10 Å². The molecule has 0 saturated heterocycles. The largest absolute Gasteiger partial charge is 0.497 e. The number of ether oxygens (including phenoxy) is 4. The normalized spacial score (nSPS) is 10.1. The first-order valence-corrected chi connectivity index (χ1v) is 7.92. The summed E-state index contributed by atoms with van der Waals surface area (Å²) in [6.07, 6.45) is 6.67. The van der Waals surface area contributed by atoms with E-state index in [-0.39, 0.29) is 6.61 Å². The van der Waals surface area contributed by atoms with Crippen LogP contribution in [0.4, 0.5) is 0 Å². The molecule has 0 aliphatic heterocycles. The van der Waals surface area contributed by atoms with Gasteiger partial charge in [0.25, 0.3) is 5.91 Å². The van der Waals surface area contributed by atoms with Gasteiger partial charge in [0.05, 0.1) is 27.5 Å². The van der Waals surface area contributed by atoms with Gasteiger partial charge < -0.3 is 18.9 Å². The van der Waals surface area contributed by atoms with Crippen molar-refractivity contribution in [3.8, 4) is 35.3 Å². The molecule has 0 aliphatic carbocycles. The number of carbonyl (C=O) groups is 1. The van der Waals surface area contributed by atoms with E-state index < -0.39 is 5.91 Å². The highest BCUT2D eigenvalue weighted by Crippen LogP contribution is 2.27. The molecule has 0 aliphatic rings. The van der Waals surface area contributed by atoms with Gasteiger partial charge in [0.15, 0.2) is 11.5 Å². The van der Waals surface area contributed by atoms with Gasteiger partial charge in [-0.15, -0.1) is 6.42 Å². The van der Waals surface area contributed by atoms with Crippen molar-refractivity contribution in [2.45, 2.75) is 0 Å². The Morgan fingerprint density at radius 2 is 1.78 bits per heavy atom. The molecular formula is C20H20N2O5. The standard InChI is InChI=1S/C20H20N2O5/c1-5-8-27-18-7-6-14(9-19(18)26-4)13-21-22-20(23)15-10-16(24-2)12-17(11-15)25-3/h1,6-7,9-13H,8H2,2-4H3,(H,22,23). The summed E-state index contributed by atoms with van der Waals surface area (Å²) in [6, 6.07) is 10.1. The second-order valence-electron chi connectivity index (χ2n) is 5.20. The average molecular weight is 368 g/mol. The van der Waals surface area contributed by atoms with Crippen LogP contribution in [0.3, 0.4) is 0 Å². The first-order chi connectivity index (χ1) is 13.1. The highest BCUT2D eigenvalue weighted by molar-refractivity contribution is 5.95. The molecule has 7 heteroatoms. The van der Waals surface area contributed by atoms with Gasteiger partial charge in [0, 0.05) is 11.6 Å². The van der Waals surface area contributed by atoms with E-state index in [2.05, 4.69) is 16.4 Å². The fourth-order valence-corrected chi connectivity index (χ4v) is 2.17. The van der Waals surface area contributed by atoms with E-state index >= 15 is 0 Å². The second kappa shape index (κ2) is 9.73. The summed E-state index contributed by atoms with van der Waals surface area (Å²) in [6.45, 7) is 0.143. The number of nitrogens with one attached hydrogen (secondary N) is 1. The van der Waals surface area contributed by atoms with E-state index in [1.54, 1.807) is 36.4 Å².